The molecule has 10 nitrogen and oxygen atoms in total. The minimum absolute atomic E-state index is 0.231. The van der Waals surface area contributed by atoms with Crippen molar-refractivity contribution in [3.63, 3.8) is 0 Å². The van der Waals surface area contributed by atoms with E-state index >= 15 is 0 Å². The van der Waals surface area contributed by atoms with Gasteiger partial charge in [-0.1, -0.05) is 0 Å². The minimum atomic E-state index is -0.231. The maximum atomic E-state index is 12.8. The molecule has 0 aliphatic heterocycles. The average Bonchev–Trinajstić information content (AvgIpc) is 3.45. The second-order valence-corrected chi connectivity index (χ2v) is 6.88. The second-order valence-electron chi connectivity index (χ2n) is 6.88. The summed E-state index contributed by atoms with van der Waals surface area (Å²) in [7, 11) is 4.91. The molecular weight excluding hydrogens is 410 g/mol. The Bertz CT molecular complexity index is 1220. The molecule has 3 heterocycles. The van der Waals surface area contributed by atoms with Gasteiger partial charge in [0.05, 0.1) is 19.9 Å². The Hall–Kier alpha value is -4.21. The smallest absolute Gasteiger partial charge is 0.269 e. The fourth-order valence-electron chi connectivity index (χ4n) is 3.32. The van der Waals surface area contributed by atoms with Gasteiger partial charge in [0.2, 0.25) is 0 Å². The normalized spacial score (nSPS) is 10.7. The number of carbonyl (C=O) groups is 1. The molecule has 0 atom stereocenters. The summed E-state index contributed by atoms with van der Waals surface area (Å²) in [6, 6.07) is 8.92. The van der Waals surface area contributed by atoms with Crippen LogP contribution < -0.4 is 14.8 Å². The monoisotopic (exact) mass is 433 g/mol. The molecule has 0 bridgehead atoms. The van der Waals surface area contributed by atoms with Crippen molar-refractivity contribution in [1.29, 1.82) is 0 Å². The number of hydrogen-bond acceptors (Lipinski definition) is 7. The largest absolute Gasteiger partial charge is 0.497 e. The summed E-state index contributed by atoms with van der Waals surface area (Å²) >= 11 is 0. The molecule has 164 valence electrons. The van der Waals surface area contributed by atoms with Crippen molar-refractivity contribution in [2.45, 2.75) is 6.54 Å². The number of nitrogens with zero attached hydrogens (tertiary/aromatic N) is 6. The first-order chi connectivity index (χ1) is 15.6. The van der Waals surface area contributed by atoms with Crippen molar-refractivity contribution >= 4 is 5.91 Å². The summed E-state index contributed by atoms with van der Waals surface area (Å²) in [5, 5.41) is 7.41. The lowest BCUT2D eigenvalue weighted by Crippen LogP contribution is -2.29. The molecule has 4 aromatic rings. The van der Waals surface area contributed by atoms with Crippen molar-refractivity contribution in [1.82, 2.24) is 34.6 Å². The van der Waals surface area contributed by atoms with Crippen LogP contribution in [0.25, 0.3) is 22.9 Å². The Morgan fingerprint density at radius 1 is 1.06 bits per heavy atom. The van der Waals surface area contributed by atoms with Gasteiger partial charge in [-0.15, -0.1) is 0 Å². The van der Waals surface area contributed by atoms with Gasteiger partial charge in [0, 0.05) is 50.5 Å². The standard InChI is InChI=1S/C22H23N7O3/c1-28-18(14-17(27-28)16-13-15(31-2)5-6-19(16)32-3)22(30)26-10-12-29-11-9-25-21(29)20-23-7-4-8-24-20/h4-9,11,13-14H,10,12H2,1-3H3,(H,26,30). The van der Waals surface area contributed by atoms with Crippen LogP contribution in [-0.4, -0.2) is 56.0 Å². The van der Waals surface area contributed by atoms with Crippen LogP contribution in [0.2, 0.25) is 0 Å². The van der Waals surface area contributed by atoms with Gasteiger partial charge in [-0.05, 0) is 30.3 Å². The minimum Gasteiger partial charge on any atom is -0.497 e. The van der Waals surface area contributed by atoms with E-state index in [4.69, 9.17) is 9.47 Å². The maximum Gasteiger partial charge on any atom is 0.269 e. The first-order valence-electron chi connectivity index (χ1n) is 9.94. The van der Waals surface area contributed by atoms with E-state index in [1.807, 2.05) is 29.0 Å². The molecule has 0 spiro atoms. The lowest BCUT2D eigenvalue weighted by molar-refractivity contribution is 0.0943. The van der Waals surface area contributed by atoms with Crippen LogP contribution in [0.5, 0.6) is 11.5 Å². The van der Waals surface area contributed by atoms with E-state index in [0.29, 0.717) is 47.6 Å². The van der Waals surface area contributed by atoms with Crippen LogP contribution in [0.15, 0.2) is 55.1 Å². The lowest BCUT2D eigenvalue weighted by atomic mass is 10.1. The maximum absolute atomic E-state index is 12.8. The zero-order valence-corrected chi connectivity index (χ0v) is 18.0. The second kappa shape index (κ2) is 9.29. The summed E-state index contributed by atoms with van der Waals surface area (Å²) < 4.78 is 14.2. The highest BCUT2D eigenvalue weighted by Gasteiger charge is 2.17. The quantitative estimate of drug-likeness (QED) is 0.454. The topological polar surface area (TPSA) is 109 Å². The van der Waals surface area contributed by atoms with Crippen molar-refractivity contribution in [2.24, 2.45) is 7.05 Å². The Balaban J connectivity index is 1.46. The number of hydrogen-bond donors (Lipinski definition) is 1. The lowest BCUT2D eigenvalue weighted by Gasteiger charge is -2.08. The van der Waals surface area contributed by atoms with Gasteiger partial charge in [-0.2, -0.15) is 5.10 Å². The fourth-order valence-corrected chi connectivity index (χ4v) is 3.32. The molecule has 0 saturated carbocycles. The van der Waals surface area contributed by atoms with E-state index in [0.717, 1.165) is 5.56 Å². The summed E-state index contributed by atoms with van der Waals surface area (Å²) in [4.78, 5) is 25.6. The van der Waals surface area contributed by atoms with Gasteiger partial charge in [-0.3, -0.25) is 9.48 Å². The van der Waals surface area contributed by atoms with E-state index in [-0.39, 0.29) is 5.91 Å². The molecule has 1 N–H and O–H groups in total. The molecule has 0 fully saturated rings. The van der Waals surface area contributed by atoms with E-state index in [1.165, 1.54) is 0 Å². The zero-order valence-electron chi connectivity index (χ0n) is 18.0. The number of aromatic nitrogens is 6. The van der Waals surface area contributed by atoms with Gasteiger partial charge in [-0.25, -0.2) is 15.0 Å². The van der Waals surface area contributed by atoms with Crippen LogP contribution in [0.4, 0.5) is 0 Å². The van der Waals surface area contributed by atoms with Gasteiger partial charge in [0.25, 0.3) is 5.91 Å². The number of nitrogens with one attached hydrogen (secondary N) is 1. The summed E-state index contributed by atoms with van der Waals surface area (Å²) in [5.41, 5.74) is 1.79. The van der Waals surface area contributed by atoms with Crippen molar-refractivity contribution in [3.05, 3.63) is 60.8 Å². The SMILES string of the molecule is COc1ccc(OC)c(-c2cc(C(=O)NCCn3ccnc3-c3ncccn3)n(C)n2)c1. The van der Waals surface area contributed by atoms with Crippen LogP contribution in [0, 0.1) is 0 Å². The van der Waals surface area contributed by atoms with E-state index in [1.54, 1.807) is 56.7 Å². The van der Waals surface area contributed by atoms with Gasteiger partial charge >= 0.3 is 0 Å². The summed E-state index contributed by atoms with van der Waals surface area (Å²) in [5.74, 6) is 2.27. The first kappa shape index (κ1) is 21.0. The third-order valence-corrected chi connectivity index (χ3v) is 4.91. The molecule has 0 aliphatic rings. The average molecular weight is 433 g/mol. The predicted octanol–water partition coefficient (Wildman–Crippen LogP) is 2.19. The molecule has 10 heteroatoms. The molecule has 1 aromatic carbocycles. The first-order valence-corrected chi connectivity index (χ1v) is 9.94. The molecule has 0 aliphatic carbocycles. The van der Waals surface area contributed by atoms with Gasteiger partial charge < -0.3 is 19.4 Å². The van der Waals surface area contributed by atoms with E-state index < -0.39 is 0 Å². The summed E-state index contributed by atoms with van der Waals surface area (Å²) in [6.07, 6.45) is 6.85. The van der Waals surface area contributed by atoms with Crippen LogP contribution >= 0.6 is 0 Å². The van der Waals surface area contributed by atoms with E-state index in [2.05, 4.69) is 25.4 Å². The number of rotatable bonds is 8. The number of ether oxygens (including phenoxy) is 2. The Morgan fingerprint density at radius 3 is 2.62 bits per heavy atom. The zero-order chi connectivity index (χ0) is 22.5. The molecule has 4 rings (SSSR count). The molecular formula is C22H23N7O3. The molecule has 0 saturated heterocycles. The van der Waals surface area contributed by atoms with Gasteiger partial charge in [0.1, 0.15) is 17.2 Å². The molecule has 1 amide bonds. The van der Waals surface area contributed by atoms with Crippen LogP contribution in [-0.2, 0) is 13.6 Å². The molecule has 0 unspecified atom stereocenters. The highest BCUT2D eigenvalue weighted by atomic mass is 16.5. The van der Waals surface area contributed by atoms with Crippen molar-refractivity contribution in [3.8, 4) is 34.4 Å². The highest BCUT2D eigenvalue weighted by Crippen LogP contribution is 2.32. The number of amides is 1. The number of methoxy groups -OCH3 is 2. The number of aryl methyl sites for hydroxylation is 1. The van der Waals surface area contributed by atoms with Crippen LogP contribution in [0.3, 0.4) is 0 Å². The molecule has 32 heavy (non-hydrogen) atoms. The predicted molar refractivity (Wildman–Crippen MR) is 117 cm³/mol. The Kier molecular flexibility index (Phi) is 6.11. The number of imidazole rings is 1. The third-order valence-electron chi connectivity index (χ3n) is 4.91. The highest BCUT2D eigenvalue weighted by molar-refractivity contribution is 5.94. The van der Waals surface area contributed by atoms with Gasteiger partial charge in [0.15, 0.2) is 11.6 Å². The van der Waals surface area contributed by atoms with E-state index in [9.17, 15) is 4.79 Å². The number of benzene rings is 1. The summed E-state index contributed by atoms with van der Waals surface area (Å²) in [6.45, 7) is 0.922. The third kappa shape index (κ3) is 4.29. The fraction of sp³-hybridized carbons (Fsp3) is 0.227. The van der Waals surface area contributed by atoms with Crippen molar-refractivity contribution in [2.75, 3.05) is 20.8 Å². The van der Waals surface area contributed by atoms with Crippen LogP contribution in [0.1, 0.15) is 10.5 Å². The number of carbonyl (C=O) groups excluding carboxylic acids is 1. The Labute approximate surface area is 184 Å². The van der Waals surface area contributed by atoms with Crippen molar-refractivity contribution < 1.29 is 14.3 Å². The molecule has 3 aromatic heterocycles. The Morgan fingerprint density at radius 2 is 1.88 bits per heavy atom. The molecule has 0 radical (unpaired) electrons.